The lowest BCUT2D eigenvalue weighted by atomic mass is 10.0. The SMILES string of the molecule is COC(=O)/C=C/C[C@@H](NC(=O)[C@H](Cc1ccccc1)NC(C)=O)C(=O)OC. The molecule has 146 valence electrons. The molecule has 0 heterocycles. The number of hydrogen-bond acceptors (Lipinski definition) is 6. The maximum absolute atomic E-state index is 12.6. The van der Waals surface area contributed by atoms with Crippen molar-refractivity contribution < 1.29 is 28.7 Å². The summed E-state index contributed by atoms with van der Waals surface area (Å²) in [5, 5.41) is 5.13. The number of carbonyl (C=O) groups excluding carboxylic acids is 4. The first-order valence-corrected chi connectivity index (χ1v) is 8.31. The number of esters is 2. The predicted octanol–water partition coefficient (Wildman–Crippen LogP) is 0.511. The van der Waals surface area contributed by atoms with Crippen LogP contribution in [-0.2, 0) is 35.1 Å². The highest BCUT2D eigenvalue weighted by Gasteiger charge is 2.26. The highest BCUT2D eigenvalue weighted by atomic mass is 16.5. The lowest BCUT2D eigenvalue weighted by Gasteiger charge is -2.21. The largest absolute Gasteiger partial charge is 0.467 e. The van der Waals surface area contributed by atoms with E-state index >= 15 is 0 Å². The van der Waals surface area contributed by atoms with Gasteiger partial charge in [-0.15, -0.1) is 0 Å². The molecule has 0 saturated carbocycles. The van der Waals surface area contributed by atoms with Gasteiger partial charge in [-0.3, -0.25) is 9.59 Å². The maximum Gasteiger partial charge on any atom is 0.330 e. The standard InChI is InChI=1S/C19H24N2O6/c1-13(22)20-16(12-14-8-5-4-6-9-14)18(24)21-15(19(25)27-3)10-7-11-17(23)26-2/h4-9,11,15-16H,10,12H2,1-3H3,(H,20,22)(H,21,24)/b11-7+/t15-,16+/m1/s1. The van der Waals surface area contributed by atoms with Crippen LogP contribution >= 0.6 is 0 Å². The van der Waals surface area contributed by atoms with E-state index in [9.17, 15) is 19.2 Å². The van der Waals surface area contributed by atoms with Crippen LogP contribution in [0.1, 0.15) is 18.9 Å². The Balaban J connectivity index is 2.86. The number of carbonyl (C=O) groups is 4. The van der Waals surface area contributed by atoms with Crippen molar-refractivity contribution in [2.45, 2.75) is 31.8 Å². The summed E-state index contributed by atoms with van der Waals surface area (Å²) in [6.07, 6.45) is 2.85. The van der Waals surface area contributed by atoms with Gasteiger partial charge in [0.05, 0.1) is 14.2 Å². The van der Waals surface area contributed by atoms with Gasteiger partial charge in [0, 0.05) is 19.4 Å². The minimum Gasteiger partial charge on any atom is -0.467 e. The lowest BCUT2D eigenvalue weighted by Crippen LogP contribution is -2.52. The summed E-state index contributed by atoms with van der Waals surface area (Å²) in [5.74, 6) is -2.15. The average molecular weight is 376 g/mol. The second-order valence-corrected chi connectivity index (χ2v) is 5.69. The van der Waals surface area contributed by atoms with E-state index in [-0.39, 0.29) is 18.7 Å². The van der Waals surface area contributed by atoms with E-state index in [0.717, 1.165) is 11.6 Å². The summed E-state index contributed by atoms with van der Waals surface area (Å²) in [6.45, 7) is 1.31. The minimum absolute atomic E-state index is 0.0334. The number of methoxy groups -OCH3 is 2. The summed E-state index contributed by atoms with van der Waals surface area (Å²) in [6, 6.07) is 7.30. The van der Waals surface area contributed by atoms with Gasteiger partial charge in [0.1, 0.15) is 12.1 Å². The molecule has 0 radical (unpaired) electrons. The first-order chi connectivity index (χ1) is 12.9. The Bertz CT molecular complexity index is 687. The quantitative estimate of drug-likeness (QED) is 0.480. The zero-order valence-corrected chi connectivity index (χ0v) is 15.6. The van der Waals surface area contributed by atoms with Gasteiger partial charge in [0.25, 0.3) is 0 Å². The first kappa shape index (κ1) is 21.9. The third-order valence-corrected chi connectivity index (χ3v) is 3.61. The van der Waals surface area contributed by atoms with Crippen molar-refractivity contribution in [1.82, 2.24) is 10.6 Å². The molecule has 0 spiro atoms. The van der Waals surface area contributed by atoms with E-state index in [4.69, 9.17) is 0 Å². The molecule has 2 amide bonds. The summed E-state index contributed by atoms with van der Waals surface area (Å²) in [7, 11) is 2.43. The molecular formula is C19H24N2O6. The van der Waals surface area contributed by atoms with Gasteiger partial charge in [0.2, 0.25) is 11.8 Å². The fourth-order valence-electron chi connectivity index (χ4n) is 2.30. The summed E-state index contributed by atoms with van der Waals surface area (Å²) < 4.78 is 9.16. The van der Waals surface area contributed by atoms with Crippen molar-refractivity contribution in [3.63, 3.8) is 0 Å². The molecule has 0 aliphatic heterocycles. The third-order valence-electron chi connectivity index (χ3n) is 3.61. The summed E-state index contributed by atoms with van der Waals surface area (Å²) >= 11 is 0. The van der Waals surface area contributed by atoms with Crippen LogP contribution in [-0.4, -0.2) is 50.1 Å². The van der Waals surface area contributed by atoms with Gasteiger partial charge in [-0.05, 0) is 12.0 Å². The van der Waals surface area contributed by atoms with Gasteiger partial charge in [-0.2, -0.15) is 0 Å². The van der Waals surface area contributed by atoms with Gasteiger partial charge >= 0.3 is 11.9 Å². The Morgan fingerprint density at radius 3 is 2.22 bits per heavy atom. The van der Waals surface area contributed by atoms with Crippen LogP contribution in [0.4, 0.5) is 0 Å². The van der Waals surface area contributed by atoms with Crippen LogP contribution in [0.2, 0.25) is 0 Å². The minimum atomic E-state index is -1.00. The maximum atomic E-state index is 12.6. The highest BCUT2D eigenvalue weighted by Crippen LogP contribution is 2.05. The summed E-state index contributed by atoms with van der Waals surface area (Å²) in [4.78, 5) is 47.1. The topological polar surface area (TPSA) is 111 Å². The molecule has 0 aromatic heterocycles. The Morgan fingerprint density at radius 2 is 1.67 bits per heavy atom. The zero-order valence-electron chi connectivity index (χ0n) is 15.6. The van der Waals surface area contributed by atoms with Crippen LogP contribution in [0.5, 0.6) is 0 Å². The molecule has 2 atom stereocenters. The Hall–Kier alpha value is -3.16. The molecule has 0 fully saturated rings. The predicted molar refractivity (Wildman–Crippen MR) is 97.5 cm³/mol. The molecule has 0 aliphatic carbocycles. The first-order valence-electron chi connectivity index (χ1n) is 8.31. The molecule has 8 heteroatoms. The monoisotopic (exact) mass is 376 g/mol. The zero-order chi connectivity index (χ0) is 20.2. The fraction of sp³-hybridized carbons (Fsp3) is 0.368. The lowest BCUT2D eigenvalue weighted by molar-refractivity contribution is -0.145. The molecule has 0 aliphatic rings. The number of ether oxygens (including phenoxy) is 2. The van der Waals surface area contributed by atoms with Gasteiger partial charge < -0.3 is 20.1 Å². The second kappa shape index (κ2) is 11.5. The summed E-state index contributed by atoms with van der Waals surface area (Å²) in [5.41, 5.74) is 0.853. The fourth-order valence-corrected chi connectivity index (χ4v) is 2.30. The molecule has 27 heavy (non-hydrogen) atoms. The Kier molecular flexibility index (Phi) is 9.28. The molecule has 1 aromatic carbocycles. The van der Waals surface area contributed by atoms with Crippen molar-refractivity contribution >= 4 is 23.8 Å². The Morgan fingerprint density at radius 1 is 1.00 bits per heavy atom. The van der Waals surface area contributed by atoms with Crippen LogP contribution in [0.25, 0.3) is 0 Å². The van der Waals surface area contributed by atoms with E-state index in [1.807, 2.05) is 30.3 Å². The van der Waals surface area contributed by atoms with E-state index in [1.165, 1.54) is 27.2 Å². The molecule has 0 saturated heterocycles. The van der Waals surface area contributed by atoms with Crippen molar-refractivity contribution in [2.24, 2.45) is 0 Å². The van der Waals surface area contributed by atoms with E-state index in [2.05, 4.69) is 20.1 Å². The molecule has 8 nitrogen and oxygen atoms in total. The second-order valence-electron chi connectivity index (χ2n) is 5.69. The smallest absolute Gasteiger partial charge is 0.330 e. The molecular weight excluding hydrogens is 352 g/mol. The van der Waals surface area contributed by atoms with Crippen molar-refractivity contribution in [2.75, 3.05) is 14.2 Å². The molecule has 1 aromatic rings. The van der Waals surface area contributed by atoms with Crippen LogP contribution in [0, 0.1) is 0 Å². The number of amides is 2. The number of hydrogen-bond donors (Lipinski definition) is 2. The number of nitrogens with one attached hydrogen (secondary N) is 2. The Labute approximate surface area is 157 Å². The van der Waals surface area contributed by atoms with Crippen LogP contribution in [0.3, 0.4) is 0 Å². The third kappa shape index (κ3) is 8.17. The molecule has 2 N–H and O–H groups in total. The molecule has 0 bridgehead atoms. The van der Waals surface area contributed by atoms with Gasteiger partial charge in [-0.1, -0.05) is 36.4 Å². The average Bonchev–Trinajstić information content (AvgIpc) is 2.66. The highest BCUT2D eigenvalue weighted by molar-refractivity contribution is 5.90. The van der Waals surface area contributed by atoms with E-state index in [0.29, 0.717) is 0 Å². The van der Waals surface area contributed by atoms with Crippen LogP contribution in [0.15, 0.2) is 42.5 Å². The van der Waals surface area contributed by atoms with Crippen molar-refractivity contribution in [3.8, 4) is 0 Å². The molecule has 0 unspecified atom stereocenters. The molecule has 1 rings (SSSR count). The van der Waals surface area contributed by atoms with Gasteiger partial charge in [0.15, 0.2) is 0 Å². The van der Waals surface area contributed by atoms with Crippen molar-refractivity contribution in [1.29, 1.82) is 0 Å². The van der Waals surface area contributed by atoms with Crippen molar-refractivity contribution in [3.05, 3.63) is 48.0 Å². The van der Waals surface area contributed by atoms with Crippen LogP contribution < -0.4 is 10.6 Å². The normalized spacial score (nSPS) is 12.7. The van der Waals surface area contributed by atoms with E-state index < -0.39 is 29.9 Å². The van der Waals surface area contributed by atoms with E-state index in [1.54, 1.807) is 0 Å². The number of rotatable bonds is 9. The van der Waals surface area contributed by atoms with Gasteiger partial charge in [-0.25, -0.2) is 9.59 Å². The number of benzene rings is 1.